The molecule has 2 aromatic rings. The fourth-order valence-electron chi connectivity index (χ4n) is 1.90. The number of esters is 1. The van der Waals surface area contributed by atoms with Crippen molar-refractivity contribution in [3.63, 3.8) is 0 Å². The second kappa shape index (κ2) is 5.09. The third-order valence-corrected chi connectivity index (χ3v) is 2.96. The van der Waals surface area contributed by atoms with Gasteiger partial charge in [-0.15, -0.1) is 5.10 Å². The van der Waals surface area contributed by atoms with E-state index in [1.165, 1.54) is 13.2 Å². The third-order valence-electron chi connectivity index (χ3n) is 2.96. The van der Waals surface area contributed by atoms with Crippen LogP contribution in [-0.2, 0) is 16.6 Å². The first-order chi connectivity index (χ1) is 9.08. The van der Waals surface area contributed by atoms with Crippen LogP contribution in [0, 0.1) is 6.92 Å². The summed E-state index contributed by atoms with van der Waals surface area (Å²) in [5.74, 6) is 0.259. The molecule has 0 aliphatic heterocycles. The predicted octanol–water partition coefficient (Wildman–Crippen LogP) is 1.47. The molecule has 0 spiro atoms. The molecule has 0 aliphatic carbocycles. The summed E-state index contributed by atoms with van der Waals surface area (Å²) >= 11 is 0. The number of carbonyl (C=O) groups is 1. The Bertz CT molecular complexity index is 659. The Morgan fingerprint density at radius 2 is 2.16 bits per heavy atom. The summed E-state index contributed by atoms with van der Waals surface area (Å²) in [6, 6.07) is 1.85. The molecule has 0 saturated carbocycles. The van der Waals surface area contributed by atoms with Gasteiger partial charge in [0.1, 0.15) is 16.8 Å². The van der Waals surface area contributed by atoms with Crippen molar-refractivity contribution in [1.29, 1.82) is 0 Å². The Balaban J connectivity index is 2.60. The maximum Gasteiger partial charge on any atom is 0.330 e. The summed E-state index contributed by atoms with van der Waals surface area (Å²) in [6.45, 7) is 1.92. The van der Waals surface area contributed by atoms with E-state index in [4.69, 9.17) is 4.74 Å². The number of hydrogen-bond acceptors (Lipinski definition) is 5. The molecule has 0 bridgehead atoms. The van der Waals surface area contributed by atoms with Crippen LogP contribution < -0.4 is 4.74 Å². The van der Waals surface area contributed by atoms with Crippen molar-refractivity contribution < 1.29 is 14.3 Å². The van der Waals surface area contributed by atoms with Crippen molar-refractivity contribution in [1.82, 2.24) is 15.0 Å². The first-order valence-electron chi connectivity index (χ1n) is 5.71. The fraction of sp³-hybridized carbons (Fsp3) is 0.308. The standard InChI is InChI=1S/C13H15N3O3/c1-8-9(5-6-11(17)19-4)7-10(18-3)13-12(8)14-15-16(13)2/h5-7H,1-4H3/b6-5+. The summed E-state index contributed by atoms with van der Waals surface area (Å²) < 4.78 is 11.6. The number of methoxy groups -OCH3 is 2. The SMILES string of the molecule is COC(=O)/C=C/c1cc(OC)c2c(nnn2C)c1C. The number of aryl methyl sites for hydroxylation is 2. The lowest BCUT2D eigenvalue weighted by Crippen LogP contribution is -1.96. The summed E-state index contributed by atoms with van der Waals surface area (Å²) in [5, 5.41) is 8.11. The van der Waals surface area contributed by atoms with E-state index in [0.717, 1.165) is 22.2 Å². The molecule has 0 atom stereocenters. The van der Waals surface area contributed by atoms with Crippen molar-refractivity contribution in [2.24, 2.45) is 7.05 Å². The lowest BCUT2D eigenvalue weighted by Gasteiger charge is -2.07. The van der Waals surface area contributed by atoms with Crippen molar-refractivity contribution in [3.05, 3.63) is 23.3 Å². The molecule has 1 heterocycles. The number of rotatable bonds is 3. The van der Waals surface area contributed by atoms with Gasteiger partial charge in [0.15, 0.2) is 0 Å². The molecule has 0 saturated heterocycles. The van der Waals surface area contributed by atoms with Gasteiger partial charge in [-0.3, -0.25) is 0 Å². The maximum atomic E-state index is 11.1. The van der Waals surface area contributed by atoms with Crippen molar-refractivity contribution in [2.45, 2.75) is 6.92 Å². The molecule has 0 aliphatic rings. The normalized spacial score (nSPS) is 11.2. The highest BCUT2D eigenvalue weighted by molar-refractivity contribution is 5.91. The second-order valence-electron chi connectivity index (χ2n) is 4.06. The Morgan fingerprint density at radius 1 is 1.42 bits per heavy atom. The highest BCUT2D eigenvalue weighted by atomic mass is 16.5. The Hall–Kier alpha value is -2.37. The number of nitrogens with zero attached hydrogens (tertiary/aromatic N) is 3. The van der Waals surface area contributed by atoms with E-state index in [1.807, 2.05) is 13.0 Å². The van der Waals surface area contributed by atoms with E-state index < -0.39 is 5.97 Å². The summed E-state index contributed by atoms with van der Waals surface area (Å²) in [7, 11) is 4.73. The van der Waals surface area contributed by atoms with Gasteiger partial charge < -0.3 is 9.47 Å². The zero-order valence-corrected chi connectivity index (χ0v) is 11.3. The van der Waals surface area contributed by atoms with Gasteiger partial charge in [-0.05, 0) is 30.2 Å². The van der Waals surface area contributed by atoms with Gasteiger partial charge in [-0.1, -0.05) is 5.21 Å². The van der Waals surface area contributed by atoms with Crippen LogP contribution in [0.15, 0.2) is 12.1 Å². The summed E-state index contributed by atoms with van der Waals surface area (Å²) in [5.41, 5.74) is 3.36. The molecule has 1 aromatic heterocycles. The molecule has 2 rings (SSSR count). The van der Waals surface area contributed by atoms with Gasteiger partial charge in [0.2, 0.25) is 0 Å². The van der Waals surface area contributed by atoms with Gasteiger partial charge in [0.25, 0.3) is 0 Å². The van der Waals surface area contributed by atoms with Crippen LogP contribution in [0.25, 0.3) is 17.1 Å². The number of ether oxygens (including phenoxy) is 2. The fourth-order valence-corrected chi connectivity index (χ4v) is 1.90. The molecule has 0 amide bonds. The molecule has 0 radical (unpaired) electrons. The number of fused-ring (bicyclic) bond motifs is 1. The first-order valence-corrected chi connectivity index (χ1v) is 5.71. The van der Waals surface area contributed by atoms with Crippen LogP contribution >= 0.6 is 0 Å². The Morgan fingerprint density at radius 3 is 2.79 bits per heavy atom. The van der Waals surface area contributed by atoms with Crippen molar-refractivity contribution in [2.75, 3.05) is 14.2 Å². The Kier molecular flexibility index (Phi) is 3.50. The minimum absolute atomic E-state index is 0.405. The van der Waals surface area contributed by atoms with Crippen molar-refractivity contribution >= 4 is 23.1 Å². The van der Waals surface area contributed by atoms with Crippen LogP contribution in [0.5, 0.6) is 5.75 Å². The lowest BCUT2D eigenvalue weighted by atomic mass is 10.1. The molecule has 0 fully saturated rings. The first kappa shape index (κ1) is 13.1. The molecule has 6 heteroatoms. The number of hydrogen-bond donors (Lipinski definition) is 0. The number of carbonyl (C=O) groups excluding carboxylic acids is 1. The van der Waals surface area contributed by atoms with Gasteiger partial charge in [-0.25, -0.2) is 9.48 Å². The molecule has 100 valence electrons. The van der Waals surface area contributed by atoms with Crippen LogP contribution in [0.1, 0.15) is 11.1 Å². The van der Waals surface area contributed by atoms with Crippen LogP contribution in [-0.4, -0.2) is 35.2 Å². The number of benzene rings is 1. The third kappa shape index (κ3) is 2.29. The lowest BCUT2D eigenvalue weighted by molar-refractivity contribution is -0.134. The molecule has 0 unspecified atom stereocenters. The molecule has 6 nitrogen and oxygen atoms in total. The minimum atomic E-state index is -0.405. The summed E-state index contributed by atoms with van der Waals surface area (Å²) in [4.78, 5) is 11.1. The quantitative estimate of drug-likeness (QED) is 0.618. The molecule has 1 aromatic carbocycles. The van der Waals surface area contributed by atoms with E-state index in [2.05, 4.69) is 15.0 Å². The van der Waals surface area contributed by atoms with Gasteiger partial charge in [0, 0.05) is 13.1 Å². The highest BCUT2D eigenvalue weighted by Gasteiger charge is 2.13. The van der Waals surface area contributed by atoms with Gasteiger partial charge in [-0.2, -0.15) is 0 Å². The van der Waals surface area contributed by atoms with Crippen LogP contribution in [0.4, 0.5) is 0 Å². The highest BCUT2D eigenvalue weighted by Crippen LogP contribution is 2.29. The molecule has 19 heavy (non-hydrogen) atoms. The van der Waals surface area contributed by atoms with E-state index in [-0.39, 0.29) is 0 Å². The molecular weight excluding hydrogens is 246 g/mol. The second-order valence-corrected chi connectivity index (χ2v) is 4.06. The largest absolute Gasteiger partial charge is 0.494 e. The maximum absolute atomic E-state index is 11.1. The van der Waals surface area contributed by atoms with E-state index in [1.54, 1.807) is 24.9 Å². The number of aromatic nitrogens is 3. The van der Waals surface area contributed by atoms with E-state index in [0.29, 0.717) is 5.75 Å². The van der Waals surface area contributed by atoms with Gasteiger partial charge >= 0.3 is 5.97 Å². The average Bonchev–Trinajstić information content (AvgIpc) is 2.80. The summed E-state index contributed by atoms with van der Waals surface area (Å²) in [6.07, 6.45) is 3.04. The van der Waals surface area contributed by atoms with E-state index >= 15 is 0 Å². The minimum Gasteiger partial charge on any atom is -0.494 e. The van der Waals surface area contributed by atoms with Crippen LogP contribution in [0.3, 0.4) is 0 Å². The predicted molar refractivity (Wildman–Crippen MR) is 70.8 cm³/mol. The topological polar surface area (TPSA) is 66.2 Å². The zero-order valence-electron chi connectivity index (χ0n) is 11.3. The van der Waals surface area contributed by atoms with Gasteiger partial charge in [0.05, 0.1) is 14.2 Å². The molecular formula is C13H15N3O3. The zero-order chi connectivity index (χ0) is 14.0. The van der Waals surface area contributed by atoms with E-state index in [9.17, 15) is 4.79 Å². The molecule has 0 N–H and O–H groups in total. The van der Waals surface area contributed by atoms with Crippen molar-refractivity contribution in [3.8, 4) is 5.75 Å². The average molecular weight is 261 g/mol. The monoisotopic (exact) mass is 261 g/mol. The smallest absolute Gasteiger partial charge is 0.330 e. The van der Waals surface area contributed by atoms with Crippen LogP contribution in [0.2, 0.25) is 0 Å². The Labute approximate surface area is 110 Å².